The molecule has 0 saturated heterocycles. The minimum atomic E-state index is -4.39. The Morgan fingerprint density at radius 1 is 0.653 bits per heavy atom. The third kappa shape index (κ3) is 12.0. The zero-order valence-corrected chi connectivity index (χ0v) is 43.2. The summed E-state index contributed by atoms with van der Waals surface area (Å²) >= 11 is 0. The van der Waals surface area contributed by atoms with Gasteiger partial charge in [0.15, 0.2) is 5.60 Å². The second kappa shape index (κ2) is 20.7. The molecule has 0 unspecified atom stereocenters. The van der Waals surface area contributed by atoms with Crippen molar-refractivity contribution in [3.05, 3.63) is 161 Å². The highest BCUT2D eigenvalue weighted by Gasteiger charge is 2.56. The summed E-state index contributed by atoms with van der Waals surface area (Å²) in [7, 11) is -11.8. The van der Waals surface area contributed by atoms with Gasteiger partial charge in [-0.1, -0.05) is 52.1 Å². The summed E-state index contributed by atoms with van der Waals surface area (Å²) < 4.78 is 79.6. The molecule has 27 heteroatoms. The van der Waals surface area contributed by atoms with E-state index in [1.165, 1.54) is 0 Å². The van der Waals surface area contributed by atoms with Crippen molar-refractivity contribution in [2.45, 2.75) is 58.1 Å². The molecule has 2 aliphatic rings. The average molecular weight is 1090 g/mol. The van der Waals surface area contributed by atoms with E-state index in [0.717, 1.165) is 42.0 Å². The number of nitrogens with zero attached hydrogens (tertiary/aromatic N) is 2. The van der Waals surface area contributed by atoms with Crippen molar-refractivity contribution in [3.8, 4) is 0 Å². The van der Waals surface area contributed by atoms with E-state index in [9.17, 15) is 61.0 Å². The Hall–Kier alpha value is -8.11. The van der Waals surface area contributed by atoms with Gasteiger partial charge in [0.25, 0.3) is 43.4 Å². The van der Waals surface area contributed by atoms with E-state index >= 15 is 0 Å². The van der Waals surface area contributed by atoms with Crippen molar-refractivity contribution in [3.63, 3.8) is 0 Å². The number of rotatable bonds is 16. The van der Waals surface area contributed by atoms with Gasteiger partial charge in [0.1, 0.15) is 21.3 Å². The molecular weight excluding hydrogens is 1040 g/mol. The molecule has 0 atom stereocenters. The van der Waals surface area contributed by atoms with Gasteiger partial charge in [-0.15, -0.1) is 0 Å². The van der Waals surface area contributed by atoms with E-state index in [0.29, 0.717) is 32.6 Å². The average Bonchev–Trinajstić information content (AvgIpc) is 3.62. The SMILES string of the molecule is CC(C)(C)c1ccc2c(c1)C1(OC2=O)c2ccc(NC(=O)OCc3cc(C(=O)NCCS(=O)(=O)O)ccc3[N+](=O)[O-])cc2[Si](C)(C)c2cc(NC(=O)OCc3cc(C(=O)NCCS(=O)(=O)O)ccc3[N+](=O)[O-])ccc21. The monoisotopic (exact) mass is 1090 g/mol. The van der Waals surface area contributed by atoms with Crippen molar-refractivity contribution < 1.29 is 74.0 Å². The summed E-state index contributed by atoms with van der Waals surface area (Å²) in [6.45, 7) is 7.74. The van der Waals surface area contributed by atoms with E-state index in [1.54, 1.807) is 42.5 Å². The summed E-state index contributed by atoms with van der Waals surface area (Å²) in [5, 5.41) is 35.0. The van der Waals surface area contributed by atoms with Crippen LogP contribution in [0, 0.1) is 20.2 Å². The maximum absolute atomic E-state index is 13.9. The fourth-order valence-corrected chi connectivity index (χ4v) is 12.6. The number of esters is 1. The molecule has 2 aliphatic heterocycles. The number of hydrogen-bond donors (Lipinski definition) is 6. The largest absolute Gasteiger partial charge is 0.444 e. The van der Waals surface area contributed by atoms with Crippen molar-refractivity contribution in [1.29, 1.82) is 0 Å². The van der Waals surface area contributed by atoms with Crippen molar-refractivity contribution in [2.75, 3.05) is 35.2 Å². The first-order chi connectivity index (χ1) is 35.0. The molecule has 75 heavy (non-hydrogen) atoms. The molecule has 5 aromatic rings. The van der Waals surface area contributed by atoms with Crippen LogP contribution in [0.2, 0.25) is 13.1 Å². The summed E-state index contributed by atoms with van der Waals surface area (Å²) in [6.07, 6.45) is -2.10. The van der Waals surface area contributed by atoms with Crippen molar-refractivity contribution >= 4 is 91.4 Å². The Balaban J connectivity index is 1.18. The molecule has 0 bridgehead atoms. The van der Waals surface area contributed by atoms with Crippen LogP contribution in [0.1, 0.15) is 85.2 Å². The van der Waals surface area contributed by atoms with Gasteiger partial charge in [0, 0.05) is 64.4 Å². The number of nitro benzene ring substituents is 2. The van der Waals surface area contributed by atoms with E-state index in [2.05, 4.69) is 21.3 Å². The van der Waals surface area contributed by atoms with Gasteiger partial charge in [-0.3, -0.25) is 49.6 Å². The minimum Gasteiger partial charge on any atom is -0.444 e. The summed E-state index contributed by atoms with van der Waals surface area (Å²) in [5.41, 5.74) is -0.172. The maximum atomic E-state index is 13.9. The quantitative estimate of drug-likeness (QED) is 0.0186. The van der Waals surface area contributed by atoms with Crippen LogP contribution in [-0.4, -0.2) is 98.4 Å². The highest BCUT2D eigenvalue weighted by Crippen LogP contribution is 2.50. The molecule has 4 amide bonds. The molecule has 0 aromatic heterocycles. The van der Waals surface area contributed by atoms with Crippen molar-refractivity contribution in [1.82, 2.24) is 10.6 Å². The van der Waals surface area contributed by atoms with Gasteiger partial charge >= 0.3 is 18.2 Å². The van der Waals surface area contributed by atoms with Gasteiger partial charge in [-0.05, 0) is 82.0 Å². The van der Waals surface area contributed by atoms with Gasteiger partial charge in [-0.2, -0.15) is 16.8 Å². The number of anilines is 2. The smallest absolute Gasteiger partial charge is 0.411 e. The predicted molar refractivity (Wildman–Crippen MR) is 271 cm³/mol. The third-order valence-corrected chi connectivity index (χ3v) is 17.4. The minimum absolute atomic E-state index is 0.124. The second-order valence-corrected chi connectivity index (χ2v) is 26.4. The number of benzene rings is 5. The lowest BCUT2D eigenvalue weighted by Gasteiger charge is -2.44. The van der Waals surface area contributed by atoms with Gasteiger partial charge in [0.2, 0.25) is 0 Å². The number of ether oxygens (including phenoxy) is 3. The van der Waals surface area contributed by atoms with Crippen molar-refractivity contribution in [2.24, 2.45) is 0 Å². The fourth-order valence-electron chi connectivity index (χ4n) is 8.74. The number of hydrogen-bond acceptors (Lipinski definition) is 16. The van der Waals surface area contributed by atoms with E-state index in [4.69, 9.17) is 23.3 Å². The molecule has 0 saturated carbocycles. The molecule has 0 fully saturated rings. The second-order valence-electron chi connectivity index (χ2n) is 18.9. The van der Waals surface area contributed by atoms with E-state index in [1.807, 2.05) is 46.0 Å². The normalized spacial score (nSPS) is 14.0. The Morgan fingerprint density at radius 2 is 1.09 bits per heavy atom. The van der Waals surface area contributed by atoms with E-state index < -0.39 is 123 Å². The van der Waals surface area contributed by atoms with Crippen LogP contribution in [0.15, 0.2) is 91.0 Å². The number of nitrogens with one attached hydrogen (secondary N) is 4. The third-order valence-electron chi connectivity index (χ3n) is 12.5. The number of nitro groups is 2. The Bertz CT molecular complexity index is 3290. The van der Waals surface area contributed by atoms with Gasteiger partial charge in [0.05, 0.1) is 38.0 Å². The van der Waals surface area contributed by atoms with Crippen LogP contribution in [0.4, 0.5) is 32.3 Å². The van der Waals surface area contributed by atoms with Gasteiger partial charge in [-0.25, -0.2) is 14.4 Å². The number of carbonyl (C=O) groups is 5. The van der Waals surface area contributed by atoms with Crippen LogP contribution in [-0.2, 0) is 58.7 Å². The molecule has 6 N–H and O–H groups in total. The molecule has 7 rings (SSSR count). The van der Waals surface area contributed by atoms with E-state index in [-0.39, 0.29) is 39.0 Å². The molecule has 2 heterocycles. The summed E-state index contributed by atoms with van der Waals surface area (Å²) in [5.74, 6) is -3.80. The van der Waals surface area contributed by atoms with Gasteiger partial charge < -0.3 is 24.8 Å². The lowest BCUT2D eigenvalue weighted by molar-refractivity contribution is -0.386. The summed E-state index contributed by atoms with van der Waals surface area (Å²) in [4.78, 5) is 88.5. The van der Waals surface area contributed by atoms with Crippen LogP contribution >= 0.6 is 0 Å². The lowest BCUT2D eigenvalue weighted by Crippen LogP contribution is -2.63. The Kier molecular flexibility index (Phi) is 15.1. The first-order valence-corrected chi connectivity index (χ1v) is 28.8. The molecule has 1 spiro atoms. The van der Waals surface area contributed by atoms with Crippen LogP contribution in [0.5, 0.6) is 0 Å². The molecular formula is C48H48N6O18S2Si. The molecule has 24 nitrogen and oxygen atoms in total. The highest BCUT2D eigenvalue weighted by atomic mass is 32.2. The molecule has 5 aromatic carbocycles. The maximum Gasteiger partial charge on any atom is 0.411 e. The zero-order chi connectivity index (χ0) is 55.0. The topological polar surface area (TPSA) is 356 Å². The van der Waals surface area contributed by atoms with Crippen LogP contribution < -0.4 is 31.6 Å². The van der Waals surface area contributed by atoms with Crippen LogP contribution in [0.3, 0.4) is 0 Å². The fraction of sp³-hybridized carbons (Fsp3) is 0.271. The summed E-state index contributed by atoms with van der Waals surface area (Å²) in [6, 6.07) is 21.9. The number of carbonyl (C=O) groups excluding carboxylic acids is 5. The highest BCUT2D eigenvalue weighted by molar-refractivity contribution is 7.86. The molecule has 394 valence electrons. The Morgan fingerprint density at radius 3 is 1.49 bits per heavy atom. The predicted octanol–water partition coefficient (Wildman–Crippen LogP) is 5.13. The Labute approximate surface area is 429 Å². The lowest BCUT2D eigenvalue weighted by atomic mass is 9.76. The van der Waals surface area contributed by atoms with Crippen LogP contribution in [0.25, 0.3) is 0 Å². The molecule has 0 aliphatic carbocycles. The first-order valence-electron chi connectivity index (χ1n) is 22.6. The standard InChI is InChI=1S/C48H48N6O18S2Si/c1-47(2,3)31-8-11-34-37(22-31)48(72-44(34)57)35-12-9-32(51-45(58)70-25-29-20-27(6-14-38(29)53(60)61)42(55)49-16-18-73(64,65)66)23-40(35)75(4,5)41-24-33(10-13-36(41)48)52-46(59)71-26-30-21-28(7-15-39(30)54(62)63)43(56)50-17-19-74(67,68)69/h6-15,20-24H,16-19,25-26H2,1-5H3,(H,49,55)(H,50,56)(H,51,58)(H,52,59)(H,64,65,66)(H,67,68,69). The molecule has 0 radical (unpaired) electrons. The number of fused-ring (bicyclic) bond motifs is 6. The first kappa shape index (κ1) is 54.7. The number of amides is 4. The zero-order valence-electron chi connectivity index (χ0n) is 40.5.